The first-order valence-corrected chi connectivity index (χ1v) is 16.4. The standard InChI is InChI=1S/C40H37NO5S/c1-39(41-2,38(43)44)36(37(42)46-26-35-33-20-12-10-18-31(33)32-19-11-13-21-34(32)35)47-40(27-14-6-4-7-15-27,28-16-8-5-9-17-28)29-22-24-30(45-3)25-23-29/h4-25,35-36,41H,26H2,1-3H3,(H,43,44). The number of hydrogen-bond acceptors (Lipinski definition) is 6. The van der Waals surface area contributed by atoms with Crippen LogP contribution in [-0.4, -0.2) is 48.6 Å². The smallest absolute Gasteiger partial charge is 0.325 e. The van der Waals surface area contributed by atoms with Crippen LogP contribution < -0.4 is 10.1 Å². The average Bonchev–Trinajstić information content (AvgIpc) is 3.45. The zero-order valence-electron chi connectivity index (χ0n) is 26.6. The van der Waals surface area contributed by atoms with E-state index in [0.29, 0.717) is 5.75 Å². The van der Waals surface area contributed by atoms with Gasteiger partial charge in [0.25, 0.3) is 0 Å². The lowest BCUT2D eigenvalue weighted by Gasteiger charge is -2.41. The first kappa shape index (κ1) is 32.1. The highest BCUT2D eigenvalue weighted by molar-refractivity contribution is 8.02. The van der Waals surface area contributed by atoms with E-state index in [1.807, 2.05) is 109 Å². The zero-order chi connectivity index (χ0) is 33.0. The largest absolute Gasteiger partial charge is 0.497 e. The minimum atomic E-state index is -1.69. The number of rotatable bonds is 12. The van der Waals surface area contributed by atoms with E-state index in [0.717, 1.165) is 38.9 Å². The number of methoxy groups -OCH3 is 1. The summed E-state index contributed by atoms with van der Waals surface area (Å²) in [4.78, 5) is 27.6. The monoisotopic (exact) mass is 643 g/mol. The fraction of sp³-hybridized carbons (Fsp3) is 0.200. The van der Waals surface area contributed by atoms with Gasteiger partial charge in [0.15, 0.2) is 0 Å². The second-order valence-electron chi connectivity index (χ2n) is 11.8. The molecule has 47 heavy (non-hydrogen) atoms. The summed E-state index contributed by atoms with van der Waals surface area (Å²) in [5.41, 5.74) is 5.36. The molecule has 0 radical (unpaired) electrons. The molecule has 6 rings (SSSR count). The number of aliphatic carboxylic acids is 1. The molecule has 1 aliphatic carbocycles. The van der Waals surface area contributed by atoms with E-state index in [1.54, 1.807) is 21.1 Å². The maximum atomic E-state index is 14.5. The SMILES string of the molecule is CNC(C)(C(=O)O)C(SC(c1ccccc1)(c1ccccc1)c1ccc(OC)cc1)C(=O)OCC1c2ccccc2-c2ccccc21. The highest BCUT2D eigenvalue weighted by Crippen LogP contribution is 2.53. The molecule has 0 aliphatic heterocycles. The highest BCUT2D eigenvalue weighted by atomic mass is 32.2. The zero-order valence-corrected chi connectivity index (χ0v) is 27.4. The third-order valence-corrected chi connectivity index (χ3v) is 11.2. The number of nitrogens with one attached hydrogen (secondary N) is 1. The maximum Gasteiger partial charge on any atom is 0.325 e. The summed E-state index contributed by atoms with van der Waals surface area (Å²) in [5, 5.41) is 12.5. The number of carboxylic acid groups (broad SMARTS) is 1. The van der Waals surface area contributed by atoms with Gasteiger partial charge >= 0.3 is 11.9 Å². The van der Waals surface area contributed by atoms with Crippen LogP contribution in [0.5, 0.6) is 5.75 Å². The minimum Gasteiger partial charge on any atom is -0.497 e. The second kappa shape index (κ2) is 13.5. The summed E-state index contributed by atoms with van der Waals surface area (Å²) in [6, 6.07) is 43.7. The molecule has 6 nitrogen and oxygen atoms in total. The van der Waals surface area contributed by atoms with Crippen molar-refractivity contribution >= 4 is 23.7 Å². The number of benzene rings is 5. The molecular weight excluding hydrogens is 607 g/mol. The molecule has 2 unspecified atom stereocenters. The van der Waals surface area contributed by atoms with E-state index in [2.05, 4.69) is 29.6 Å². The van der Waals surface area contributed by atoms with Gasteiger partial charge in [0, 0.05) is 5.92 Å². The van der Waals surface area contributed by atoms with Crippen molar-refractivity contribution in [2.75, 3.05) is 20.8 Å². The van der Waals surface area contributed by atoms with Crippen LogP contribution in [0, 0.1) is 0 Å². The lowest BCUT2D eigenvalue weighted by atomic mass is 9.84. The molecule has 2 atom stereocenters. The summed E-state index contributed by atoms with van der Waals surface area (Å²) in [7, 11) is 3.18. The Kier molecular flexibility index (Phi) is 9.21. The number of thioether (sulfide) groups is 1. The minimum absolute atomic E-state index is 0.0789. The van der Waals surface area contributed by atoms with Gasteiger partial charge in [0.1, 0.15) is 23.1 Å². The van der Waals surface area contributed by atoms with Crippen LogP contribution in [0.15, 0.2) is 133 Å². The number of esters is 1. The number of carbonyl (C=O) groups excluding carboxylic acids is 1. The van der Waals surface area contributed by atoms with Crippen molar-refractivity contribution in [3.05, 3.63) is 161 Å². The van der Waals surface area contributed by atoms with Crippen LogP contribution in [0.1, 0.15) is 40.7 Å². The Morgan fingerprint density at radius 3 is 1.68 bits per heavy atom. The Labute approximate surface area is 279 Å². The van der Waals surface area contributed by atoms with Gasteiger partial charge in [0.2, 0.25) is 0 Å². The molecule has 5 aromatic carbocycles. The highest BCUT2D eigenvalue weighted by Gasteiger charge is 2.52. The molecule has 238 valence electrons. The molecule has 0 bridgehead atoms. The van der Waals surface area contributed by atoms with Crippen molar-refractivity contribution in [2.45, 2.75) is 28.4 Å². The van der Waals surface area contributed by atoms with E-state index >= 15 is 0 Å². The van der Waals surface area contributed by atoms with Crippen molar-refractivity contribution in [3.8, 4) is 16.9 Å². The third kappa shape index (κ3) is 5.81. The van der Waals surface area contributed by atoms with Crippen molar-refractivity contribution in [3.63, 3.8) is 0 Å². The normalized spacial score (nSPS) is 14.4. The Hall–Kier alpha value is -4.85. The predicted molar refractivity (Wildman–Crippen MR) is 187 cm³/mol. The van der Waals surface area contributed by atoms with Crippen LogP contribution in [-0.2, 0) is 19.1 Å². The lowest BCUT2D eigenvalue weighted by molar-refractivity contribution is -0.152. The summed E-state index contributed by atoms with van der Waals surface area (Å²) in [6.45, 7) is 1.62. The van der Waals surface area contributed by atoms with E-state index in [9.17, 15) is 14.7 Å². The molecule has 1 aliphatic rings. The topological polar surface area (TPSA) is 84.9 Å². The van der Waals surface area contributed by atoms with Crippen molar-refractivity contribution in [1.29, 1.82) is 0 Å². The summed E-state index contributed by atoms with van der Waals surface area (Å²) < 4.78 is 10.7. The number of fused-ring (bicyclic) bond motifs is 3. The number of likely N-dealkylation sites (N-methyl/N-ethyl adjacent to an activating group) is 1. The first-order valence-electron chi connectivity index (χ1n) is 15.5. The van der Waals surface area contributed by atoms with Gasteiger partial charge in [-0.25, -0.2) is 0 Å². The van der Waals surface area contributed by atoms with E-state index < -0.39 is 27.5 Å². The predicted octanol–water partition coefficient (Wildman–Crippen LogP) is 7.51. The second-order valence-corrected chi connectivity index (χ2v) is 13.1. The average molecular weight is 644 g/mol. The van der Waals surface area contributed by atoms with Crippen LogP contribution in [0.4, 0.5) is 0 Å². The Balaban J connectivity index is 1.46. The third-order valence-electron chi connectivity index (χ3n) is 9.21. The number of carboxylic acids is 1. The first-order chi connectivity index (χ1) is 22.8. The lowest BCUT2D eigenvalue weighted by Crippen LogP contribution is -2.59. The summed E-state index contributed by atoms with van der Waals surface area (Å²) in [6.07, 6.45) is 0. The summed E-state index contributed by atoms with van der Waals surface area (Å²) in [5.74, 6) is -1.25. The van der Waals surface area contributed by atoms with Crippen LogP contribution >= 0.6 is 11.8 Å². The van der Waals surface area contributed by atoms with Crippen molar-refractivity contribution < 1.29 is 24.2 Å². The molecule has 0 spiro atoms. The quantitative estimate of drug-likeness (QED) is 0.108. The number of ether oxygens (including phenoxy) is 2. The van der Waals surface area contributed by atoms with Crippen LogP contribution in [0.25, 0.3) is 11.1 Å². The Bertz CT molecular complexity index is 1780. The van der Waals surface area contributed by atoms with Crippen LogP contribution in [0.3, 0.4) is 0 Å². The number of hydrogen-bond donors (Lipinski definition) is 2. The molecule has 0 heterocycles. The number of carbonyl (C=O) groups is 2. The fourth-order valence-electron chi connectivity index (χ4n) is 6.48. The Morgan fingerprint density at radius 1 is 0.745 bits per heavy atom. The molecule has 7 heteroatoms. The van der Waals surface area contributed by atoms with Gasteiger partial charge in [-0.2, -0.15) is 0 Å². The molecule has 0 saturated heterocycles. The van der Waals surface area contributed by atoms with Gasteiger partial charge in [-0.05, 0) is 65.0 Å². The Morgan fingerprint density at radius 2 is 1.21 bits per heavy atom. The molecule has 0 amide bonds. The van der Waals surface area contributed by atoms with E-state index in [-0.39, 0.29) is 12.5 Å². The van der Waals surface area contributed by atoms with Crippen LogP contribution in [0.2, 0.25) is 0 Å². The van der Waals surface area contributed by atoms with E-state index in [1.165, 1.54) is 11.8 Å². The molecule has 2 N–H and O–H groups in total. The summed E-state index contributed by atoms with van der Waals surface area (Å²) >= 11 is 1.27. The maximum absolute atomic E-state index is 14.5. The molecule has 5 aromatic rings. The van der Waals surface area contributed by atoms with Gasteiger partial charge < -0.3 is 19.9 Å². The molecular formula is C40H37NO5S. The van der Waals surface area contributed by atoms with Crippen molar-refractivity contribution in [2.24, 2.45) is 0 Å². The molecule has 0 fully saturated rings. The molecule has 0 saturated carbocycles. The fourth-order valence-corrected chi connectivity index (χ4v) is 8.27. The molecule has 0 aromatic heterocycles. The van der Waals surface area contributed by atoms with Crippen molar-refractivity contribution in [1.82, 2.24) is 5.32 Å². The van der Waals surface area contributed by atoms with Gasteiger partial charge in [-0.1, -0.05) is 121 Å². The van der Waals surface area contributed by atoms with Gasteiger partial charge in [0.05, 0.1) is 11.9 Å². The van der Waals surface area contributed by atoms with E-state index in [4.69, 9.17) is 9.47 Å². The van der Waals surface area contributed by atoms with Gasteiger partial charge in [-0.15, -0.1) is 11.8 Å². The van der Waals surface area contributed by atoms with Gasteiger partial charge in [-0.3, -0.25) is 9.59 Å².